The van der Waals surface area contributed by atoms with E-state index in [0.29, 0.717) is 11.5 Å². The normalized spacial score (nSPS) is 22.0. The molecule has 0 radical (unpaired) electrons. The molecule has 0 amide bonds. The van der Waals surface area contributed by atoms with Gasteiger partial charge in [0.1, 0.15) is 5.82 Å². The summed E-state index contributed by atoms with van der Waals surface area (Å²) >= 11 is 0. The minimum absolute atomic E-state index is 0.279. The first-order valence-electron chi connectivity index (χ1n) is 5.47. The minimum atomic E-state index is -0.279. The number of nitrogens with zero attached hydrogens (tertiary/aromatic N) is 2. The Kier molecular flexibility index (Phi) is 2.17. The van der Waals surface area contributed by atoms with Crippen LogP contribution in [-0.4, -0.2) is 30.2 Å². The van der Waals surface area contributed by atoms with Crippen LogP contribution in [0.3, 0.4) is 0 Å². The first kappa shape index (κ1) is 9.78. The molecular weight excluding hydrogens is 207 g/mol. The molecule has 3 rings (SSSR count). The Morgan fingerprint density at radius 2 is 2.38 bits per heavy atom. The number of likely N-dealkylation sites (tertiary alicyclic amines) is 1. The highest BCUT2D eigenvalue weighted by atomic mass is 19.1. The van der Waals surface area contributed by atoms with Crippen molar-refractivity contribution in [1.29, 1.82) is 0 Å². The zero-order valence-electron chi connectivity index (χ0n) is 9.11. The number of aromatic nitrogens is 1. The second-order valence-corrected chi connectivity index (χ2v) is 4.46. The van der Waals surface area contributed by atoms with Gasteiger partial charge in [-0.2, -0.15) is 0 Å². The Morgan fingerprint density at radius 3 is 3.12 bits per heavy atom. The van der Waals surface area contributed by atoms with Crippen molar-refractivity contribution in [3.63, 3.8) is 0 Å². The molecule has 0 bridgehead atoms. The van der Waals surface area contributed by atoms with Gasteiger partial charge < -0.3 is 9.42 Å². The topological polar surface area (TPSA) is 29.3 Å². The Bertz CT molecular complexity index is 523. The van der Waals surface area contributed by atoms with E-state index < -0.39 is 0 Å². The lowest BCUT2D eigenvalue weighted by molar-refractivity contribution is 0.402. The van der Waals surface area contributed by atoms with Crippen LogP contribution < -0.4 is 0 Å². The van der Waals surface area contributed by atoms with Crippen LogP contribution in [0.25, 0.3) is 11.0 Å². The molecule has 1 atom stereocenters. The predicted octanol–water partition coefficient (Wildman–Crippen LogP) is 2.39. The Morgan fingerprint density at radius 1 is 1.50 bits per heavy atom. The number of benzene rings is 1. The van der Waals surface area contributed by atoms with Crippen LogP contribution in [0.5, 0.6) is 0 Å². The highest BCUT2D eigenvalue weighted by Crippen LogP contribution is 2.31. The summed E-state index contributed by atoms with van der Waals surface area (Å²) in [6.45, 7) is 2.08. The van der Waals surface area contributed by atoms with Crippen LogP contribution in [-0.2, 0) is 0 Å². The zero-order chi connectivity index (χ0) is 11.1. The van der Waals surface area contributed by atoms with Crippen molar-refractivity contribution in [2.45, 2.75) is 12.3 Å². The molecule has 2 aromatic rings. The van der Waals surface area contributed by atoms with Crippen LogP contribution in [0.4, 0.5) is 4.39 Å². The number of fused-ring (bicyclic) bond motifs is 1. The molecule has 1 fully saturated rings. The molecule has 1 aromatic heterocycles. The Balaban J connectivity index is 2.04. The van der Waals surface area contributed by atoms with Crippen LogP contribution in [0.2, 0.25) is 0 Å². The molecule has 0 spiro atoms. The van der Waals surface area contributed by atoms with E-state index in [4.69, 9.17) is 4.52 Å². The van der Waals surface area contributed by atoms with Gasteiger partial charge in [-0.1, -0.05) is 5.16 Å². The van der Waals surface area contributed by atoms with Crippen molar-refractivity contribution in [3.05, 3.63) is 29.7 Å². The maximum absolute atomic E-state index is 13.0. The van der Waals surface area contributed by atoms with Crippen molar-refractivity contribution in [2.75, 3.05) is 20.1 Å². The lowest BCUT2D eigenvalue weighted by Crippen LogP contribution is -2.13. The van der Waals surface area contributed by atoms with Gasteiger partial charge >= 0.3 is 0 Å². The molecule has 3 nitrogen and oxygen atoms in total. The van der Waals surface area contributed by atoms with Gasteiger partial charge in [0.05, 0.1) is 5.69 Å². The first-order chi connectivity index (χ1) is 7.74. The minimum Gasteiger partial charge on any atom is -0.356 e. The summed E-state index contributed by atoms with van der Waals surface area (Å²) in [7, 11) is 2.10. The van der Waals surface area contributed by atoms with Crippen LogP contribution in [0.1, 0.15) is 18.0 Å². The van der Waals surface area contributed by atoms with Crippen molar-refractivity contribution in [2.24, 2.45) is 0 Å². The van der Waals surface area contributed by atoms with E-state index in [1.807, 2.05) is 0 Å². The van der Waals surface area contributed by atoms with E-state index in [2.05, 4.69) is 17.1 Å². The number of hydrogen-bond acceptors (Lipinski definition) is 3. The summed E-state index contributed by atoms with van der Waals surface area (Å²) in [5.41, 5.74) is 1.52. The van der Waals surface area contributed by atoms with Gasteiger partial charge in [-0.3, -0.25) is 0 Å². The average Bonchev–Trinajstić information content (AvgIpc) is 2.83. The van der Waals surface area contributed by atoms with Crippen LogP contribution >= 0.6 is 0 Å². The number of rotatable bonds is 1. The monoisotopic (exact) mass is 220 g/mol. The van der Waals surface area contributed by atoms with Gasteiger partial charge in [-0.15, -0.1) is 0 Å². The van der Waals surface area contributed by atoms with Gasteiger partial charge in [0.15, 0.2) is 5.58 Å². The summed E-state index contributed by atoms with van der Waals surface area (Å²) in [6, 6.07) is 4.61. The fraction of sp³-hybridized carbons (Fsp3) is 0.417. The summed E-state index contributed by atoms with van der Waals surface area (Å²) in [6.07, 6.45) is 1.09. The number of hydrogen-bond donors (Lipinski definition) is 0. The molecule has 84 valence electrons. The molecule has 1 aromatic carbocycles. The largest absolute Gasteiger partial charge is 0.356 e. The summed E-state index contributed by atoms with van der Waals surface area (Å²) in [4.78, 5) is 2.27. The van der Waals surface area contributed by atoms with Crippen molar-refractivity contribution < 1.29 is 8.91 Å². The molecule has 0 unspecified atom stereocenters. The molecule has 16 heavy (non-hydrogen) atoms. The fourth-order valence-electron chi connectivity index (χ4n) is 2.38. The van der Waals surface area contributed by atoms with Gasteiger partial charge in [0.2, 0.25) is 0 Å². The Labute approximate surface area is 92.8 Å². The van der Waals surface area contributed by atoms with Gasteiger partial charge in [0, 0.05) is 23.9 Å². The van der Waals surface area contributed by atoms with Crippen molar-refractivity contribution >= 4 is 11.0 Å². The molecule has 0 saturated carbocycles. The lowest BCUT2D eigenvalue weighted by Gasteiger charge is -2.07. The summed E-state index contributed by atoms with van der Waals surface area (Å²) < 4.78 is 18.2. The highest BCUT2D eigenvalue weighted by Gasteiger charge is 2.25. The SMILES string of the molecule is CN1CC[C@@H](c2noc3cc(F)ccc23)C1. The average molecular weight is 220 g/mol. The maximum atomic E-state index is 13.0. The molecule has 2 heterocycles. The van der Waals surface area contributed by atoms with Crippen LogP contribution in [0, 0.1) is 5.82 Å². The lowest BCUT2D eigenvalue weighted by atomic mass is 10.0. The van der Waals surface area contributed by atoms with E-state index >= 15 is 0 Å². The fourth-order valence-corrected chi connectivity index (χ4v) is 2.38. The Hall–Kier alpha value is -1.42. The van der Waals surface area contributed by atoms with Gasteiger partial charge in [0.25, 0.3) is 0 Å². The van der Waals surface area contributed by atoms with E-state index in [-0.39, 0.29) is 5.82 Å². The van der Waals surface area contributed by atoms with Gasteiger partial charge in [-0.25, -0.2) is 4.39 Å². The molecule has 0 aliphatic carbocycles. The summed E-state index contributed by atoms with van der Waals surface area (Å²) in [5.74, 6) is 0.135. The second kappa shape index (κ2) is 3.56. The predicted molar refractivity (Wildman–Crippen MR) is 58.8 cm³/mol. The molecular formula is C12H13FN2O. The second-order valence-electron chi connectivity index (χ2n) is 4.46. The third-order valence-corrected chi connectivity index (χ3v) is 3.24. The quantitative estimate of drug-likeness (QED) is 0.739. The van der Waals surface area contributed by atoms with E-state index in [0.717, 1.165) is 30.6 Å². The van der Waals surface area contributed by atoms with Crippen molar-refractivity contribution in [3.8, 4) is 0 Å². The smallest absolute Gasteiger partial charge is 0.170 e. The number of halogens is 1. The standard InChI is InChI=1S/C12H13FN2O/c1-15-5-4-8(7-15)12-10-3-2-9(13)6-11(10)16-14-12/h2-3,6,8H,4-5,7H2,1H3/t8-/m1/s1. The van der Waals surface area contributed by atoms with E-state index in [1.54, 1.807) is 6.07 Å². The van der Waals surface area contributed by atoms with E-state index in [1.165, 1.54) is 12.1 Å². The van der Waals surface area contributed by atoms with Crippen LogP contribution in [0.15, 0.2) is 22.7 Å². The first-order valence-corrected chi connectivity index (χ1v) is 5.47. The summed E-state index contributed by atoms with van der Waals surface area (Å²) in [5, 5.41) is 5.03. The number of likely N-dealkylation sites (N-methyl/N-ethyl adjacent to an activating group) is 1. The molecule has 1 saturated heterocycles. The highest BCUT2D eigenvalue weighted by molar-refractivity contribution is 5.79. The zero-order valence-corrected chi connectivity index (χ0v) is 9.11. The third kappa shape index (κ3) is 1.50. The maximum Gasteiger partial charge on any atom is 0.170 e. The molecule has 1 aliphatic heterocycles. The molecule has 1 aliphatic rings. The third-order valence-electron chi connectivity index (χ3n) is 3.24. The van der Waals surface area contributed by atoms with Gasteiger partial charge in [-0.05, 0) is 32.1 Å². The molecule has 0 N–H and O–H groups in total. The molecule has 4 heteroatoms. The van der Waals surface area contributed by atoms with E-state index in [9.17, 15) is 4.39 Å². The van der Waals surface area contributed by atoms with Crippen molar-refractivity contribution in [1.82, 2.24) is 10.1 Å².